The predicted molar refractivity (Wildman–Crippen MR) is 107 cm³/mol. The number of hydrogen-bond donors (Lipinski definition) is 1. The largest absolute Gasteiger partial charge is 0.306 e. The van der Waals surface area contributed by atoms with Crippen molar-refractivity contribution in [1.29, 1.82) is 0 Å². The molecule has 0 saturated heterocycles. The quantitative estimate of drug-likeness (QED) is 0.459. The molecule has 8 heteroatoms. The van der Waals surface area contributed by atoms with Crippen LogP contribution in [-0.2, 0) is 23.3 Å². The zero-order chi connectivity index (χ0) is 19.4. The lowest BCUT2D eigenvalue weighted by Crippen LogP contribution is -2.25. The van der Waals surface area contributed by atoms with Gasteiger partial charge in [0.05, 0.1) is 17.6 Å². The van der Waals surface area contributed by atoms with Gasteiger partial charge in [-0.05, 0) is 41.8 Å². The fraction of sp³-hybridized carbons (Fsp3) is 0.158. The molecule has 0 amide bonds. The van der Waals surface area contributed by atoms with Gasteiger partial charge in [-0.25, -0.2) is 8.60 Å². The first-order chi connectivity index (χ1) is 13.0. The van der Waals surface area contributed by atoms with Gasteiger partial charge in [-0.1, -0.05) is 40.2 Å². The number of alkyl halides is 1. The SMILES string of the molecule is O=c1c(CCBr)c(-c2ccc(CS(=O)O)cc2)cnn1-c1ccc(F)cc1. The Hall–Kier alpha value is -2.16. The summed E-state index contributed by atoms with van der Waals surface area (Å²) < 4.78 is 34.3. The summed E-state index contributed by atoms with van der Waals surface area (Å²) in [5.74, 6) is -0.327. The van der Waals surface area contributed by atoms with Crippen molar-refractivity contribution in [3.63, 3.8) is 0 Å². The van der Waals surface area contributed by atoms with E-state index in [1.807, 2.05) is 0 Å². The van der Waals surface area contributed by atoms with Crippen LogP contribution in [-0.4, -0.2) is 23.9 Å². The van der Waals surface area contributed by atoms with E-state index in [0.717, 1.165) is 11.1 Å². The highest BCUT2D eigenvalue weighted by molar-refractivity contribution is 9.09. The van der Waals surface area contributed by atoms with Crippen LogP contribution >= 0.6 is 15.9 Å². The van der Waals surface area contributed by atoms with E-state index in [2.05, 4.69) is 21.0 Å². The Balaban J connectivity index is 2.05. The van der Waals surface area contributed by atoms with Crippen LogP contribution in [0.15, 0.2) is 59.5 Å². The van der Waals surface area contributed by atoms with E-state index in [0.29, 0.717) is 28.6 Å². The second-order valence-corrected chi connectivity index (χ2v) is 7.56. The van der Waals surface area contributed by atoms with Gasteiger partial charge in [0.25, 0.3) is 5.56 Å². The first-order valence-electron chi connectivity index (χ1n) is 8.09. The van der Waals surface area contributed by atoms with Crippen LogP contribution in [0, 0.1) is 5.82 Å². The molecular weight excluding hydrogens is 435 g/mol. The molecule has 140 valence electrons. The molecule has 0 fully saturated rings. The van der Waals surface area contributed by atoms with Crippen molar-refractivity contribution < 1.29 is 13.2 Å². The molecule has 0 bridgehead atoms. The van der Waals surface area contributed by atoms with E-state index in [-0.39, 0.29) is 17.1 Å². The van der Waals surface area contributed by atoms with Gasteiger partial charge in [0.2, 0.25) is 0 Å². The number of nitrogens with zero attached hydrogens (tertiary/aromatic N) is 2. The van der Waals surface area contributed by atoms with Crippen LogP contribution in [0.4, 0.5) is 4.39 Å². The monoisotopic (exact) mass is 450 g/mol. The van der Waals surface area contributed by atoms with Crippen molar-refractivity contribution in [2.24, 2.45) is 0 Å². The Morgan fingerprint density at radius 1 is 1.11 bits per heavy atom. The van der Waals surface area contributed by atoms with Crippen molar-refractivity contribution in [3.05, 3.63) is 82.0 Å². The number of halogens is 2. The maximum Gasteiger partial charge on any atom is 0.275 e. The average Bonchev–Trinajstić information content (AvgIpc) is 2.65. The summed E-state index contributed by atoms with van der Waals surface area (Å²) >= 11 is 1.47. The number of rotatable bonds is 6. The molecule has 27 heavy (non-hydrogen) atoms. The van der Waals surface area contributed by atoms with Gasteiger partial charge in [-0.15, -0.1) is 0 Å². The van der Waals surface area contributed by atoms with Gasteiger partial charge < -0.3 is 4.55 Å². The molecule has 5 nitrogen and oxygen atoms in total. The van der Waals surface area contributed by atoms with Crippen LogP contribution in [0.5, 0.6) is 0 Å². The maximum atomic E-state index is 13.2. The molecule has 0 saturated carbocycles. The van der Waals surface area contributed by atoms with Crippen LogP contribution < -0.4 is 5.56 Å². The minimum atomic E-state index is -1.90. The van der Waals surface area contributed by atoms with Crippen molar-refractivity contribution in [2.75, 3.05) is 5.33 Å². The summed E-state index contributed by atoms with van der Waals surface area (Å²) in [4.78, 5) is 13.0. The molecule has 0 aliphatic heterocycles. The van der Waals surface area contributed by atoms with E-state index in [9.17, 15) is 13.4 Å². The molecule has 2 aromatic carbocycles. The summed E-state index contributed by atoms with van der Waals surface area (Å²) in [6.07, 6.45) is 2.11. The molecule has 1 atom stereocenters. The van der Waals surface area contributed by atoms with Crippen molar-refractivity contribution in [3.8, 4) is 16.8 Å². The first-order valence-corrected chi connectivity index (χ1v) is 10.5. The normalized spacial score (nSPS) is 12.1. The third kappa shape index (κ3) is 4.58. The van der Waals surface area contributed by atoms with Crippen LogP contribution in [0.1, 0.15) is 11.1 Å². The van der Waals surface area contributed by atoms with Gasteiger partial charge in [0, 0.05) is 16.5 Å². The van der Waals surface area contributed by atoms with E-state index in [4.69, 9.17) is 4.55 Å². The highest BCUT2D eigenvalue weighted by Crippen LogP contribution is 2.23. The van der Waals surface area contributed by atoms with Crippen LogP contribution in [0.25, 0.3) is 16.8 Å². The van der Waals surface area contributed by atoms with Crippen molar-refractivity contribution in [1.82, 2.24) is 9.78 Å². The molecule has 1 N–H and O–H groups in total. The lowest BCUT2D eigenvalue weighted by atomic mass is 10.0. The molecule has 3 rings (SSSR count). The number of benzene rings is 2. The average molecular weight is 451 g/mol. The van der Waals surface area contributed by atoms with Gasteiger partial charge >= 0.3 is 0 Å². The Morgan fingerprint density at radius 2 is 1.78 bits per heavy atom. The molecule has 0 aliphatic carbocycles. The molecule has 0 radical (unpaired) electrons. The molecule has 1 aromatic heterocycles. The molecule has 1 heterocycles. The Bertz CT molecular complexity index is 1020. The first kappa shape index (κ1) is 19.6. The van der Waals surface area contributed by atoms with Gasteiger partial charge in [-0.2, -0.15) is 9.78 Å². The number of hydrogen-bond acceptors (Lipinski definition) is 3. The Morgan fingerprint density at radius 3 is 2.37 bits per heavy atom. The van der Waals surface area contributed by atoms with Gasteiger partial charge in [0.15, 0.2) is 11.1 Å². The summed E-state index contributed by atoms with van der Waals surface area (Å²) in [6.45, 7) is 0. The molecule has 0 aliphatic rings. The third-order valence-corrected chi connectivity index (χ3v) is 5.03. The maximum absolute atomic E-state index is 13.2. The van der Waals surface area contributed by atoms with E-state index < -0.39 is 11.1 Å². The van der Waals surface area contributed by atoms with E-state index in [1.54, 1.807) is 30.5 Å². The van der Waals surface area contributed by atoms with Crippen molar-refractivity contribution in [2.45, 2.75) is 12.2 Å². The van der Waals surface area contributed by atoms with Crippen LogP contribution in [0.2, 0.25) is 0 Å². The zero-order valence-corrected chi connectivity index (χ0v) is 16.5. The standard InChI is InChI=1S/C19H16BrFN2O3S/c20-10-9-17-18(14-3-1-13(2-4-14)12-27(25)26)11-22-23(19(17)24)16-7-5-15(21)6-8-16/h1-8,11H,9-10,12H2,(H,25,26). The minimum Gasteiger partial charge on any atom is -0.306 e. The summed E-state index contributed by atoms with van der Waals surface area (Å²) in [5, 5.41) is 4.85. The lowest BCUT2D eigenvalue weighted by Gasteiger charge is -2.12. The summed E-state index contributed by atoms with van der Waals surface area (Å²) in [5.41, 5.74) is 3.05. The zero-order valence-electron chi connectivity index (χ0n) is 14.1. The highest BCUT2D eigenvalue weighted by Gasteiger charge is 2.14. The number of aromatic nitrogens is 2. The summed E-state index contributed by atoms with van der Waals surface area (Å²) in [6, 6.07) is 12.7. The molecule has 1 unspecified atom stereocenters. The Labute approximate surface area is 166 Å². The fourth-order valence-electron chi connectivity index (χ4n) is 2.76. The fourth-order valence-corrected chi connectivity index (χ4v) is 3.64. The minimum absolute atomic E-state index is 0.0545. The lowest BCUT2D eigenvalue weighted by molar-refractivity contribution is 0.563. The molecule has 3 aromatic rings. The smallest absolute Gasteiger partial charge is 0.275 e. The van der Waals surface area contributed by atoms with Crippen LogP contribution in [0.3, 0.4) is 0 Å². The Kier molecular flexibility index (Phi) is 6.30. The second kappa shape index (κ2) is 8.69. The van der Waals surface area contributed by atoms with E-state index >= 15 is 0 Å². The predicted octanol–water partition coefficient (Wildman–Crippen LogP) is 3.70. The highest BCUT2D eigenvalue weighted by atomic mass is 79.9. The van der Waals surface area contributed by atoms with Gasteiger partial charge in [0.1, 0.15) is 5.82 Å². The van der Waals surface area contributed by atoms with Gasteiger partial charge in [-0.3, -0.25) is 4.79 Å². The van der Waals surface area contributed by atoms with Crippen molar-refractivity contribution >= 4 is 27.0 Å². The molecular formula is C19H16BrFN2O3S. The second-order valence-electron chi connectivity index (χ2n) is 5.83. The topological polar surface area (TPSA) is 72.2 Å². The third-order valence-electron chi connectivity index (χ3n) is 4.05. The van der Waals surface area contributed by atoms with E-state index in [1.165, 1.54) is 28.9 Å². The molecule has 0 spiro atoms. The summed E-state index contributed by atoms with van der Waals surface area (Å²) in [7, 11) is 0.